The van der Waals surface area contributed by atoms with Crippen LogP contribution in [0.4, 0.5) is 4.79 Å². The quantitative estimate of drug-likeness (QED) is 0.861. The Morgan fingerprint density at radius 3 is 2.47 bits per heavy atom. The monoisotopic (exact) mass is 277 g/mol. The fourth-order valence-corrected chi connectivity index (χ4v) is 4.01. The van der Waals surface area contributed by atoms with Crippen molar-refractivity contribution < 1.29 is 9.53 Å². The predicted octanol–water partition coefficient (Wildman–Crippen LogP) is 3.26. The molecule has 1 amide bonds. The highest BCUT2D eigenvalue weighted by atomic mass is 28.3. The van der Waals surface area contributed by atoms with Crippen molar-refractivity contribution in [3.63, 3.8) is 0 Å². The lowest BCUT2D eigenvalue weighted by Gasteiger charge is -2.20. The second kappa shape index (κ2) is 5.78. The van der Waals surface area contributed by atoms with Crippen molar-refractivity contribution in [1.82, 2.24) is 5.32 Å². The van der Waals surface area contributed by atoms with Gasteiger partial charge in [0, 0.05) is 6.04 Å². The second-order valence-corrected chi connectivity index (χ2v) is 11.3. The normalized spacial score (nSPS) is 16.4. The highest BCUT2D eigenvalue weighted by Crippen LogP contribution is 2.18. The zero-order valence-corrected chi connectivity index (χ0v) is 13.0. The minimum Gasteiger partial charge on any atom is -0.410 e. The van der Waals surface area contributed by atoms with E-state index in [0.29, 0.717) is 6.04 Å². The number of para-hydroxylation sites is 1. The first-order valence-electron chi connectivity index (χ1n) is 7.04. The zero-order valence-electron chi connectivity index (χ0n) is 12.0. The summed E-state index contributed by atoms with van der Waals surface area (Å²) in [5.74, 6) is 0.720. The fourth-order valence-electron chi connectivity index (χ4n) is 2.54. The molecule has 104 valence electrons. The number of ether oxygens (including phenoxy) is 1. The van der Waals surface area contributed by atoms with Gasteiger partial charge in [-0.2, -0.15) is 0 Å². The average molecular weight is 277 g/mol. The largest absolute Gasteiger partial charge is 0.412 e. The first-order chi connectivity index (χ1) is 8.97. The molecule has 0 aliphatic heterocycles. The zero-order chi connectivity index (χ0) is 13.9. The maximum absolute atomic E-state index is 11.9. The summed E-state index contributed by atoms with van der Waals surface area (Å²) in [6, 6.07) is 8.19. The molecule has 1 saturated carbocycles. The van der Waals surface area contributed by atoms with Crippen LogP contribution in [0.15, 0.2) is 24.3 Å². The first kappa shape index (κ1) is 14.1. The molecular weight excluding hydrogens is 254 g/mol. The summed E-state index contributed by atoms with van der Waals surface area (Å²) in [5.41, 5.74) is 0. The number of amides is 1. The molecule has 0 spiro atoms. The maximum Gasteiger partial charge on any atom is 0.412 e. The summed E-state index contributed by atoms with van der Waals surface area (Å²) >= 11 is 0. The highest BCUT2D eigenvalue weighted by Gasteiger charge is 2.23. The predicted molar refractivity (Wildman–Crippen MR) is 80.8 cm³/mol. The SMILES string of the molecule is C[Si](C)(C)c1ccccc1OC(=O)NC1CCCC1. The van der Waals surface area contributed by atoms with Gasteiger partial charge in [-0.25, -0.2) is 4.79 Å². The number of benzene rings is 1. The van der Waals surface area contributed by atoms with Gasteiger partial charge in [-0.3, -0.25) is 0 Å². The second-order valence-electron chi connectivity index (χ2n) is 6.26. The molecule has 1 aromatic carbocycles. The van der Waals surface area contributed by atoms with Gasteiger partial charge in [0.1, 0.15) is 5.75 Å². The summed E-state index contributed by atoms with van der Waals surface area (Å²) in [7, 11) is -1.49. The van der Waals surface area contributed by atoms with Crippen LogP contribution in [0.25, 0.3) is 0 Å². The van der Waals surface area contributed by atoms with Crippen molar-refractivity contribution >= 4 is 19.4 Å². The maximum atomic E-state index is 11.9. The summed E-state index contributed by atoms with van der Waals surface area (Å²) in [4.78, 5) is 11.9. The van der Waals surface area contributed by atoms with Gasteiger partial charge in [0.15, 0.2) is 0 Å². The van der Waals surface area contributed by atoms with Crippen LogP contribution < -0.4 is 15.2 Å². The average Bonchev–Trinajstić information content (AvgIpc) is 2.81. The molecule has 3 nitrogen and oxygen atoms in total. The van der Waals surface area contributed by atoms with Gasteiger partial charge in [0.25, 0.3) is 0 Å². The van der Waals surface area contributed by atoms with Crippen molar-refractivity contribution in [2.75, 3.05) is 0 Å². The van der Waals surface area contributed by atoms with E-state index in [1.165, 1.54) is 18.0 Å². The number of nitrogens with one attached hydrogen (secondary N) is 1. The van der Waals surface area contributed by atoms with Crippen molar-refractivity contribution in [2.24, 2.45) is 0 Å². The van der Waals surface area contributed by atoms with Crippen LogP contribution in [0.3, 0.4) is 0 Å². The van der Waals surface area contributed by atoms with Crippen LogP contribution in [0.1, 0.15) is 25.7 Å². The molecule has 1 aromatic rings. The molecule has 0 heterocycles. The highest BCUT2D eigenvalue weighted by molar-refractivity contribution is 6.89. The van der Waals surface area contributed by atoms with E-state index >= 15 is 0 Å². The topological polar surface area (TPSA) is 38.3 Å². The number of hydrogen-bond donors (Lipinski definition) is 1. The Morgan fingerprint density at radius 1 is 1.21 bits per heavy atom. The Hall–Kier alpha value is -1.29. The van der Waals surface area contributed by atoms with E-state index in [1.807, 2.05) is 18.2 Å². The minimum absolute atomic E-state index is 0.298. The van der Waals surface area contributed by atoms with Gasteiger partial charge >= 0.3 is 6.09 Å². The molecule has 2 rings (SSSR count). The van der Waals surface area contributed by atoms with Gasteiger partial charge in [0.2, 0.25) is 0 Å². The summed E-state index contributed by atoms with van der Waals surface area (Å²) in [6.45, 7) is 6.76. The molecule has 4 heteroatoms. The number of rotatable bonds is 3. The lowest BCUT2D eigenvalue weighted by Crippen LogP contribution is -2.41. The van der Waals surface area contributed by atoms with Crippen molar-refractivity contribution in [3.05, 3.63) is 24.3 Å². The molecule has 0 bridgehead atoms. The van der Waals surface area contributed by atoms with Crippen LogP contribution in [-0.2, 0) is 0 Å². The number of hydrogen-bond acceptors (Lipinski definition) is 2. The van der Waals surface area contributed by atoms with E-state index < -0.39 is 8.07 Å². The molecule has 0 atom stereocenters. The standard InChI is InChI=1S/C15H23NO2Si/c1-19(2,3)14-11-7-6-10-13(14)18-15(17)16-12-8-4-5-9-12/h6-7,10-12H,4-5,8-9H2,1-3H3,(H,16,17). The van der Waals surface area contributed by atoms with Crippen molar-refractivity contribution in [3.8, 4) is 5.75 Å². The Labute approximate surface area is 116 Å². The third-order valence-electron chi connectivity index (χ3n) is 3.57. The minimum atomic E-state index is -1.49. The molecule has 0 aromatic heterocycles. The molecule has 0 saturated heterocycles. The molecule has 1 aliphatic rings. The Balaban J connectivity index is 2.04. The molecule has 1 fully saturated rings. The third-order valence-corrected chi connectivity index (χ3v) is 5.60. The lowest BCUT2D eigenvalue weighted by atomic mass is 10.3. The van der Waals surface area contributed by atoms with Gasteiger partial charge < -0.3 is 10.1 Å². The summed E-state index contributed by atoms with van der Waals surface area (Å²) in [5, 5.41) is 4.15. The number of carbonyl (C=O) groups is 1. The van der Waals surface area contributed by atoms with E-state index in [9.17, 15) is 4.79 Å². The van der Waals surface area contributed by atoms with Gasteiger partial charge in [-0.1, -0.05) is 50.7 Å². The lowest BCUT2D eigenvalue weighted by molar-refractivity contribution is 0.196. The smallest absolute Gasteiger partial charge is 0.410 e. The Morgan fingerprint density at radius 2 is 1.84 bits per heavy atom. The number of carbonyl (C=O) groups excluding carboxylic acids is 1. The van der Waals surface area contributed by atoms with Gasteiger partial charge in [0.05, 0.1) is 8.07 Å². The van der Waals surface area contributed by atoms with E-state index in [0.717, 1.165) is 18.6 Å². The molecule has 0 radical (unpaired) electrons. The van der Waals surface area contributed by atoms with Crippen LogP contribution in [0, 0.1) is 0 Å². The van der Waals surface area contributed by atoms with Crippen molar-refractivity contribution in [2.45, 2.75) is 51.4 Å². The van der Waals surface area contributed by atoms with Crippen LogP contribution in [0.2, 0.25) is 19.6 Å². The summed E-state index contributed by atoms with van der Waals surface area (Å²) < 4.78 is 5.52. The third kappa shape index (κ3) is 3.83. The van der Waals surface area contributed by atoms with Crippen molar-refractivity contribution in [1.29, 1.82) is 0 Å². The molecule has 0 unspecified atom stereocenters. The van der Waals surface area contributed by atoms with Gasteiger partial charge in [-0.15, -0.1) is 0 Å². The van der Waals surface area contributed by atoms with E-state index in [-0.39, 0.29) is 6.09 Å². The van der Waals surface area contributed by atoms with Crippen LogP contribution in [0.5, 0.6) is 5.75 Å². The van der Waals surface area contributed by atoms with Crippen LogP contribution in [-0.4, -0.2) is 20.2 Å². The molecule has 19 heavy (non-hydrogen) atoms. The Kier molecular flexibility index (Phi) is 4.30. The molecular formula is C15H23NO2Si. The van der Waals surface area contributed by atoms with Crippen LogP contribution >= 0.6 is 0 Å². The molecule has 1 N–H and O–H groups in total. The van der Waals surface area contributed by atoms with Gasteiger partial charge in [-0.05, 0) is 24.1 Å². The Bertz CT molecular complexity index is 448. The van der Waals surface area contributed by atoms with E-state index in [4.69, 9.17) is 4.74 Å². The molecule has 1 aliphatic carbocycles. The fraction of sp³-hybridized carbons (Fsp3) is 0.533. The first-order valence-corrected chi connectivity index (χ1v) is 10.5. The summed E-state index contributed by atoms with van der Waals surface area (Å²) in [6.07, 6.45) is 4.25. The van der Waals surface area contributed by atoms with E-state index in [2.05, 4.69) is 31.0 Å². The van der Waals surface area contributed by atoms with E-state index in [1.54, 1.807) is 0 Å².